The van der Waals surface area contributed by atoms with Crippen LogP contribution in [0, 0.1) is 0 Å². The Hall–Kier alpha value is -0.740. The average molecular weight is 308 g/mol. The third-order valence-corrected chi connectivity index (χ3v) is 4.92. The van der Waals surface area contributed by atoms with E-state index < -0.39 is 0 Å². The summed E-state index contributed by atoms with van der Waals surface area (Å²) in [6.45, 7) is 15.3. The number of aromatic nitrogens is 1. The van der Waals surface area contributed by atoms with Crippen molar-refractivity contribution in [3.05, 3.63) is 23.4 Å². The molecule has 1 aliphatic heterocycles. The standard InChI is InChI=1S/C17H29N3S/c1-6-18-11-14-9-15(17(3,4)5)19-16(10-14)20-7-8-21-13(2)12-20/h9-10,13,18H,6-8,11-12H2,1-5H3. The largest absolute Gasteiger partial charge is 0.355 e. The molecule has 1 N–H and O–H groups in total. The Kier molecular flexibility index (Phi) is 5.55. The maximum absolute atomic E-state index is 4.96. The van der Waals surface area contributed by atoms with E-state index >= 15 is 0 Å². The summed E-state index contributed by atoms with van der Waals surface area (Å²) in [5, 5.41) is 4.12. The van der Waals surface area contributed by atoms with Gasteiger partial charge in [0.1, 0.15) is 5.82 Å². The van der Waals surface area contributed by atoms with Gasteiger partial charge < -0.3 is 10.2 Å². The van der Waals surface area contributed by atoms with Gasteiger partial charge in [0, 0.05) is 41.7 Å². The lowest BCUT2D eigenvalue weighted by Gasteiger charge is -2.33. The molecule has 0 aromatic carbocycles. The first kappa shape index (κ1) is 16.6. The predicted octanol–water partition coefficient (Wildman–Crippen LogP) is 3.43. The van der Waals surface area contributed by atoms with Crippen LogP contribution in [0.4, 0.5) is 5.82 Å². The molecule has 1 saturated heterocycles. The van der Waals surface area contributed by atoms with Crippen LogP contribution in [0.15, 0.2) is 12.1 Å². The molecular formula is C17H29N3S. The average Bonchev–Trinajstić information content (AvgIpc) is 2.44. The summed E-state index contributed by atoms with van der Waals surface area (Å²) >= 11 is 2.06. The van der Waals surface area contributed by atoms with Crippen molar-refractivity contribution in [2.24, 2.45) is 0 Å². The van der Waals surface area contributed by atoms with Crippen LogP contribution in [0.3, 0.4) is 0 Å². The topological polar surface area (TPSA) is 28.2 Å². The lowest BCUT2D eigenvalue weighted by Crippen LogP contribution is -2.37. The summed E-state index contributed by atoms with van der Waals surface area (Å²) in [5.41, 5.74) is 2.63. The third-order valence-electron chi connectivity index (χ3n) is 3.78. The number of nitrogens with zero attached hydrogens (tertiary/aromatic N) is 2. The Labute approximate surface area is 133 Å². The Balaban J connectivity index is 2.30. The van der Waals surface area contributed by atoms with Crippen LogP contribution in [0.5, 0.6) is 0 Å². The number of thioether (sulfide) groups is 1. The molecule has 1 fully saturated rings. The van der Waals surface area contributed by atoms with Gasteiger partial charge in [-0.15, -0.1) is 0 Å². The summed E-state index contributed by atoms with van der Waals surface area (Å²) < 4.78 is 0. The summed E-state index contributed by atoms with van der Waals surface area (Å²) in [6.07, 6.45) is 0. The number of anilines is 1. The first-order valence-corrected chi connectivity index (χ1v) is 9.03. The van der Waals surface area contributed by atoms with Gasteiger partial charge in [-0.3, -0.25) is 0 Å². The molecule has 0 bridgehead atoms. The first-order valence-electron chi connectivity index (χ1n) is 7.99. The van der Waals surface area contributed by atoms with Crippen LogP contribution in [-0.2, 0) is 12.0 Å². The number of pyridine rings is 1. The molecule has 1 aromatic rings. The number of nitrogens with one attached hydrogen (secondary N) is 1. The molecule has 2 rings (SSSR count). The fourth-order valence-electron chi connectivity index (χ4n) is 2.52. The van der Waals surface area contributed by atoms with Gasteiger partial charge in [0.25, 0.3) is 0 Å². The fourth-order valence-corrected chi connectivity index (χ4v) is 3.53. The van der Waals surface area contributed by atoms with Crippen molar-refractivity contribution in [3.8, 4) is 0 Å². The van der Waals surface area contributed by atoms with Crippen LogP contribution < -0.4 is 10.2 Å². The second kappa shape index (κ2) is 7.01. The normalized spacial score (nSPS) is 19.9. The SMILES string of the molecule is CCNCc1cc(N2CCSC(C)C2)nc(C(C)(C)C)c1. The predicted molar refractivity (Wildman–Crippen MR) is 94.5 cm³/mol. The Morgan fingerprint density at radius 2 is 2.14 bits per heavy atom. The number of hydrogen-bond donors (Lipinski definition) is 1. The summed E-state index contributed by atoms with van der Waals surface area (Å²) in [4.78, 5) is 7.41. The third kappa shape index (κ3) is 4.62. The molecule has 3 nitrogen and oxygen atoms in total. The van der Waals surface area contributed by atoms with Crippen molar-refractivity contribution in [1.82, 2.24) is 10.3 Å². The lowest BCUT2D eigenvalue weighted by atomic mass is 9.90. The highest BCUT2D eigenvalue weighted by Gasteiger charge is 2.22. The highest BCUT2D eigenvalue weighted by atomic mass is 32.2. The fraction of sp³-hybridized carbons (Fsp3) is 0.706. The van der Waals surface area contributed by atoms with E-state index in [1.807, 2.05) is 0 Å². The van der Waals surface area contributed by atoms with Crippen LogP contribution in [0.25, 0.3) is 0 Å². The Morgan fingerprint density at radius 3 is 2.76 bits per heavy atom. The molecule has 0 amide bonds. The van der Waals surface area contributed by atoms with Crippen LogP contribution in [0.1, 0.15) is 45.9 Å². The number of rotatable bonds is 4. The molecule has 2 heterocycles. The molecule has 1 unspecified atom stereocenters. The second-order valence-electron chi connectivity index (χ2n) is 6.88. The van der Waals surface area contributed by atoms with E-state index in [2.05, 4.69) is 68.7 Å². The molecule has 1 atom stereocenters. The van der Waals surface area contributed by atoms with Gasteiger partial charge in [-0.1, -0.05) is 34.6 Å². The minimum Gasteiger partial charge on any atom is -0.355 e. The zero-order valence-electron chi connectivity index (χ0n) is 14.1. The van der Waals surface area contributed by atoms with Crippen molar-refractivity contribution in [2.45, 2.75) is 51.8 Å². The van der Waals surface area contributed by atoms with Crippen LogP contribution in [-0.4, -0.2) is 35.6 Å². The molecule has 0 spiro atoms. The molecule has 0 saturated carbocycles. The molecule has 118 valence electrons. The van der Waals surface area contributed by atoms with Gasteiger partial charge >= 0.3 is 0 Å². The van der Waals surface area contributed by atoms with E-state index in [9.17, 15) is 0 Å². The maximum Gasteiger partial charge on any atom is 0.129 e. The highest BCUT2D eigenvalue weighted by Crippen LogP contribution is 2.27. The maximum atomic E-state index is 4.96. The summed E-state index contributed by atoms with van der Waals surface area (Å²) in [5.74, 6) is 2.35. The molecule has 21 heavy (non-hydrogen) atoms. The zero-order valence-corrected chi connectivity index (χ0v) is 14.9. The zero-order chi connectivity index (χ0) is 15.5. The Bertz CT molecular complexity index is 468. The van der Waals surface area contributed by atoms with Gasteiger partial charge in [-0.25, -0.2) is 4.98 Å². The van der Waals surface area contributed by atoms with E-state index in [-0.39, 0.29) is 5.41 Å². The molecule has 1 aliphatic rings. The second-order valence-corrected chi connectivity index (χ2v) is 8.42. The highest BCUT2D eigenvalue weighted by molar-refractivity contribution is 8.00. The van der Waals surface area contributed by atoms with E-state index in [4.69, 9.17) is 4.98 Å². The van der Waals surface area contributed by atoms with Gasteiger partial charge in [-0.2, -0.15) is 11.8 Å². The van der Waals surface area contributed by atoms with E-state index in [1.165, 1.54) is 17.0 Å². The minimum absolute atomic E-state index is 0.0904. The van der Waals surface area contributed by atoms with Crippen molar-refractivity contribution in [1.29, 1.82) is 0 Å². The van der Waals surface area contributed by atoms with Crippen LogP contribution in [0.2, 0.25) is 0 Å². The van der Waals surface area contributed by atoms with E-state index in [0.717, 1.165) is 32.0 Å². The lowest BCUT2D eigenvalue weighted by molar-refractivity contribution is 0.565. The molecule has 0 aliphatic carbocycles. The van der Waals surface area contributed by atoms with Gasteiger partial charge in [-0.05, 0) is 24.2 Å². The minimum atomic E-state index is 0.0904. The summed E-state index contributed by atoms with van der Waals surface area (Å²) in [7, 11) is 0. The molecule has 4 heteroatoms. The van der Waals surface area contributed by atoms with E-state index in [1.54, 1.807) is 0 Å². The van der Waals surface area contributed by atoms with Gasteiger partial charge in [0.05, 0.1) is 0 Å². The monoisotopic (exact) mass is 307 g/mol. The number of hydrogen-bond acceptors (Lipinski definition) is 4. The smallest absolute Gasteiger partial charge is 0.129 e. The summed E-state index contributed by atoms with van der Waals surface area (Å²) in [6, 6.07) is 4.52. The van der Waals surface area contributed by atoms with Crippen molar-refractivity contribution < 1.29 is 0 Å². The van der Waals surface area contributed by atoms with Gasteiger partial charge in [0.2, 0.25) is 0 Å². The van der Waals surface area contributed by atoms with E-state index in [0.29, 0.717) is 5.25 Å². The first-order chi connectivity index (χ1) is 9.90. The van der Waals surface area contributed by atoms with Gasteiger partial charge in [0.15, 0.2) is 0 Å². The quantitative estimate of drug-likeness (QED) is 0.922. The van der Waals surface area contributed by atoms with Crippen molar-refractivity contribution in [2.75, 3.05) is 30.3 Å². The van der Waals surface area contributed by atoms with Crippen molar-refractivity contribution >= 4 is 17.6 Å². The molecular weight excluding hydrogens is 278 g/mol. The van der Waals surface area contributed by atoms with Crippen molar-refractivity contribution in [3.63, 3.8) is 0 Å². The Morgan fingerprint density at radius 1 is 1.38 bits per heavy atom. The molecule has 1 aromatic heterocycles. The van der Waals surface area contributed by atoms with Crippen LogP contribution >= 0.6 is 11.8 Å². The molecule has 0 radical (unpaired) electrons.